The summed E-state index contributed by atoms with van der Waals surface area (Å²) in [6.45, 7) is 2.86. The minimum atomic E-state index is -4.57. The number of nitrogens with zero attached hydrogens (tertiary/aromatic N) is 2. The molecule has 0 bridgehead atoms. The fraction of sp³-hybridized carbons (Fsp3) is 0.348. The van der Waals surface area contributed by atoms with Crippen LogP contribution in [-0.4, -0.2) is 44.6 Å². The Kier molecular flexibility index (Phi) is 6.48. The summed E-state index contributed by atoms with van der Waals surface area (Å²) in [6.07, 6.45) is -0.745. The Morgan fingerprint density at radius 1 is 1.24 bits per heavy atom. The minimum absolute atomic E-state index is 0.114. The number of alkyl halides is 3. The molecule has 1 fully saturated rings. The molecule has 0 amide bonds. The van der Waals surface area contributed by atoms with Crippen LogP contribution in [0.4, 0.5) is 18.9 Å². The smallest absolute Gasteiger partial charge is 0.419 e. The highest BCUT2D eigenvalue weighted by Crippen LogP contribution is 2.38. The number of dihydropyridines is 1. The lowest BCUT2D eigenvalue weighted by molar-refractivity contribution is -0.0908. The number of pyridine rings is 1. The van der Waals surface area contributed by atoms with Crippen molar-refractivity contribution in [3.05, 3.63) is 77.4 Å². The molecule has 4 N–H and O–H groups in total. The molecule has 10 heteroatoms. The van der Waals surface area contributed by atoms with Crippen LogP contribution in [-0.2, 0) is 16.9 Å². The molecule has 0 aliphatic carbocycles. The second-order valence-electron chi connectivity index (χ2n) is 7.79. The monoisotopic (exact) mass is 461 g/mol. The van der Waals surface area contributed by atoms with Gasteiger partial charge >= 0.3 is 6.18 Å². The molecule has 2 aromatic rings. The lowest BCUT2D eigenvalue weighted by Gasteiger charge is -2.35. The first-order valence-corrected chi connectivity index (χ1v) is 10.5. The largest absolute Gasteiger partial charge is 0.496 e. The lowest BCUT2D eigenvalue weighted by atomic mass is 9.93. The van der Waals surface area contributed by atoms with Gasteiger partial charge in [-0.15, -0.1) is 0 Å². The zero-order chi connectivity index (χ0) is 23.5. The van der Waals surface area contributed by atoms with Crippen LogP contribution in [0.5, 0.6) is 5.75 Å². The fourth-order valence-corrected chi connectivity index (χ4v) is 3.88. The van der Waals surface area contributed by atoms with Gasteiger partial charge in [-0.2, -0.15) is 13.2 Å². The second kappa shape index (κ2) is 9.32. The molecule has 0 spiro atoms. The molecule has 2 aliphatic rings. The van der Waals surface area contributed by atoms with E-state index in [9.17, 15) is 13.2 Å². The number of ether oxygens (including phenoxy) is 2. The van der Waals surface area contributed by atoms with E-state index in [2.05, 4.69) is 20.5 Å². The van der Waals surface area contributed by atoms with Gasteiger partial charge in [0.05, 0.1) is 38.1 Å². The van der Waals surface area contributed by atoms with Crippen molar-refractivity contribution in [1.82, 2.24) is 15.6 Å². The fourth-order valence-electron chi connectivity index (χ4n) is 3.88. The van der Waals surface area contributed by atoms with Crippen molar-refractivity contribution in [2.75, 3.05) is 38.3 Å². The van der Waals surface area contributed by atoms with E-state index in [0.29, 0.717) is 30.2 Å². The number of hydrogen-bond donors (Lipinski definition) is 3. The molecule has 1 saturated heterocycles. The Bertz CT molecular complexity index is 1040. The van der Waals surface area contributed by atoms with Gasteiger partial charge in [0.15, 0.2) is 0 Å². The Morgan fingerprint density at radius 2 is 2.03 bits per heavy atom. The summed E-state index contributed by atoms with van der Waals surface area (Å²) in [5, 5.41) is 5.57. The maximum atomic E-state index is 13.7. The number of allylic oxidation sites excluding steroid dienone is 1. The van der Waals surface area contributed by atoms with Gasteiger partial charge in [0.1, 0.15) is 11.4 Å². The van der Waals surface area contributed by atoms with Crippen LogP contribution in [0.1, 0.15) is 11.3 Å². The van der Waals surface area contributed by atoms with Crippen LogP contribution in [0, 0.1) is 0 Å². The highest BCUT2D eigenvalue weighted by molar-refractivity contribution is 5.57. The zero-order valence-electron chi connectivity index (χ0n) is 18.2. The van der Waals surface area contributed by atoms with Gasteiger partial charge in [0.2, 0.25) is 0 Å². The Labute approximate surface area is 190 Å². The van der Waals surface area contributed by atoms with E-state index >= 15 is 0 Å². The summed E-state index contributed by atoms with van der Waals surface area (Å²) < 4.78 is 52.0. The highest BCUT2D eigenvalue weighted by atomic mass is 19.4. The SMILES string of the molecule is COc1cc(N2CCOCC2)ccc1C1(N)C=C(NCc2ccccn2)C(C(F)(F)F)=CN1. The van der Waals surface area contributed by atoms with Gasteiger partial charge in [-0.1, -0.05) is 6.07 Å². The van der Waals surface area contributed by atoms with Gasteiger partial charge in [-0.05, 0) is 30.3 Å². The summed E-state index contributed by atoms with van der Waals surface area (Å²) in [6, 6.07) is 10.7. The van der Waals surface area contributed by atoms with Crippen molar-refractivity contribution in [1.29, 1.82) is 0 Å². The van der Waals surface area contributed by atoms with Crippen molar-refractivity contribution in [2.24, 2.45) is 5.73 Å². The van der Waals surface area contributed by atoms with E-state index in [1.165, 1.54) is 13.2 Å². The number of methoxy groups -OCH3 is 1. The van der Waals surface area contributed by atoms with Crippen LogP contribution in [0.2, 0.25) is 0 Å². The van der Waals surface area contributed by atoms with Gasteiger partial charge < -0.3 is 30.7 Å². The van der Waals surface area contributed by atoms with E-state index in [0.717, 1.165) is 25.0 Å². The summed E-state index contributed by atoms with van der Waals surface area (Å²) in [7, 11) is 1.51. The number of hydrogen-bond acceptors (Lipinski definition) is 7. The number of rotatable bonds is 6. The molecule has 0 radical (unpaired) electrons. The predicted octanol–water partition coefficient (Wildman–Crippen LogP) is 2.76. The van der Waals surface area contributed by atoms with Crippen LogP contribution in [0.25, 0.3) is 0 Å². The number of nitrogens with one attached hydrogen (secondary N) is 2. The molecular formula is C23H26F3N5O2. The Balaban J connectivity index is 1.65. The number of morpholine rings is 1. The summed E-state index contributed by atoms with van der Waals surface area (Å²) in [5.74, 6) is 0.471. The third-order valence-corrected chi connectivity index (χ3v) is 5.62. The first-order valence-electron chi connectivity index (χ1n) is 10.5. The van der Waals surface area contributed by atoms with Crippen molar-refractivity contribution >= 4 is 5.69 Å². The molecule has 176 valence electrons. The van der Waals surface area contributed by atoms with Gasteiger partial charge in [-0.3, -0.25) is 4.98 Å². The number of benzene rings is 1. The zero-order valence-corrected chi connectivity index (χ0v) is 18.2. The van der Waals surface area contributed by atoms with Crippen molar-refractivity contribution in [2.45, 2.75) is 18.4 Å². The van der Waals surface area contributed by atoms with Crippen LogP contribution < -0.4 is 26.0 Å². The third-order valence-electron chi connectivity index (χ3n) is 5.62. The number of nitrogens with two attached hydrogens (primary N) is 1. The van der Waals surface area contributed by atoms with Crippen LogP contribution in [0.3, 0.4) is 0 Å². The van der Waals surface area contributed by atoms with E-state index in [1.54, 1.807) is 30.5 Å². The van der Waals surface area contributed by atoms with E-state index < -0.39 is 17.4 Å². The van der Waals surface area contributed by atoms with E-state index in [-0.39, 0.29) is 12.2 Å². The number of halogens is 3. The molecule has 3 heterocycles. The minimum Gasteiger partial charge on any atom is -0.496 e. The van der Waals surface area contributed by atoms with Crippen molar-refractivity contribution in [3.8, 4) is 5.75 Å². The normalized spacial score (nSPS) is 21.1. The molecule has 7 nitrogen and oxygen atoms in total. The first-order chi connectivity index (χ1) is 15.8. The molecule has 1 aromatic carbocycles. The standard InChI is InChI=1S/C23H26F3N5O2/c1-32-21-12-17(31-8-10-33-11-9-31)5-6-18(21)22(27)13-20(19(15-30-22)23(24,25)26)29-14-16-4-2-3-7-28-16/h2-7,12-13,15,29-30H,8-11,14,27H2,1H3. The number of aromatic nitrogens is 1. The highest BCUT2D eigenvalue weighted by Gasteiger charge is 2.41. The molecule has 1 aromatic heterocycles. The third kappa shape index (κ3) is 5.07. The summed E-state index contributed by atoms with van der Waals surface area (Å²) >= 11 is 0. The molecule has 1 atom stereocenters. The summed E-state index contributed by atoms with van der Waals surface area (Å²) in [5.41, 5.74) is 6.23. The predicted molar refractivity (Wildman–Crippen MR) is 118 cm³/mol. The molecule has 1 unspecified atom stereocenters. The average Bonchev–Trinajstić information content (AvgIpc) is 2.83. The van der Waals surface area contributed by atoms with E-state index in [4.69, 9.17) is 15.2 Å². The van der Waals surface area contributed by atoms with Crippen molar-refractivity contribution < 1.29 is 22.6 Å². The maximum absolute atomic E-state index is 13.7. The first kappa shape index (κ1) is 22.9. The molecular weight excluding hydrogens is 435 g/mol. The Hall–Kier alpha value is -3.24. The summed E-state index contributed by atoms with van der Waals surface area (Å²) in [4.78, 5) is 6.31. The molecule has 33 heavy (non-hydrogen) atoms. The van der Waals surface area contributed by atoms with E-state index in [1.807, 2.05) is 12.1 Å². The lowest BCUT2D eigenvalue weighted by Crippen LogP contribution is -2.50. The molecule has 4 rings (SSSR count). The van der Waals surface area contributed by atoms with Crippen LogP contribution in [0.15, 0.2) is 66.1 Å². The Morgan fingerprint density at radius 3 is 2.70 bits per heavy atom. The molecule has 0 saturated carbocycles. The maximum Gasteiger partial charge on any atom is 0.419 e. The van der Waals surface area contributed by atoms with Crippen LogP contribution >= 0.6 is 0 Å². The van der Waals surface area contributed by atoms with Crippen molar-refractivity contribution in [3.63, 3.8) is 0 Å². The number of anilines is 1. The molecule has 2 aliphatic heterocycles. The topological polar surface area (TPSA) is 84.7 Å². The van der Waals surface area contributed by atoms with Gasteiger partial charge in [0.25, 0.3) is 0 Å². The van der Waals surface area contributed by atoms with Gasteiger partial charge in [0, 0.05) is 48.5 Å². The van der Waals surface area contributed by atoms with Gasteiger partial charge in [-0.25, -0.2) is 0 Å². The second-order valence-corrected chi connectivity index (χ2v) is 7.79. The average molecular weight is 461 g/mol. The quantitative estimate of drug-likeness (QED) is 0.610.